The lowest BCUT2D eigenvalue weighted by molar-refractivity contribution is 0.734. The molecule has 1 atom stereocenters. The molecular formula is C8H20SSi. The van der Waals surface area contributed by atoms with Gasteiger partial charge in [-0.3, -0.25) is 0 Å². The maximum atomic E-state index is 2.45. The van der Waals surface area contributed by atoms with Crippen molar-refractivity contribution in [2.75, 3.05) is 12.0 Å². The van der Waals surface area contributed by atoms with Crippen LogP contribution in [0, 0.1) is 5.92 Å². The van der Waals surface area contributed by atoms with Crippen LogP contribution in [0.4, 0.5) is 0 Å². The van der Waals surface area contributed by atoms with Crippen LogP contribution < -0.4 is 0 Å². The quantitative estimate of drug-likeness (QED) is 0.592. The van der Waals surface area contributed by atoms with Crippen LogP contribution in [0.3, 0.4) is 0 Å². The largest absolute Gasteiger partial charge is 0.165 e. The van der Waals surface area contributed by atoms with E-state index in [4.69, 9.17) is 0 Å². The molecule has 0 fully saturated rings. The van der Waals surface area contributed by atoms with E-state index in [1.54, 1.807) is 0 Å². The normalized spacial score (nSPS) is 15.3. The Balaban J connectivity index is 3.47. The monoisotopic (exact) mass is 176 g/mol. The summed E-state index contributed by atoms with van der Waals surface area (Å²) in [7, 11) is -0.771. The van der Waals surface area contributed by atoms with Crippen molar-refractivity contribution in [1.82, 2.24) is 0 Å². The second-order valence-corrected chi connectivity index (χ2v) is 10.8. The third kappa shape index (κ3) is 6.68. The highest BCUT2D eigenvalue weighted by Gasteiger charge is 2.16. The second kappa shape index (κ2) is 4.45. The van der Waals surface area contributed by atoms with E-state index in [1.165, 1.54) is 11.8 Å². The Labute approximate surface area is 70.8 Å². The molecule has 1 unspecified atom stereocenters. The zero-order valence-corrected chi connectivity index (χ0v) is 9.72. The van der Waals surface area contributed by atoms with Crippen LogP contribution in [0.1, 0.15) is 6.92 Å². The Morgan fingerprint density at radius 3 is 2.10 bits per heavy atom. The SMILES string of the molecule is CSCC(C)C[Si](C)(C)C. The lowest BCUT2D eigenvalue weighted by atomic mass is 10.3. The van der Waals surface area contributed by atoms with E-state index in [2.05, 4.69) is 32.8 Å². The molecule has 0 spiro atoms. The minimum atomic E-state index is -0.771. The van der Waals surface area contributed by atoms with Crippen LogP contribution in [-0.2, 0) is 0 Å². The average molecular weight is 176 g/mol. The van der Waals surface area contributed by atoms with Gasteiger partial charge in [-0.2, -0.15) is 11.8 Å². The van der Waals surface area contributed by atoms with Gasteiger partial charge in [0.1, 0.15) is 0 Å². The molecule has 0 radical (unpaired) electrons. The van der Waals surface area contributed by atoms with Crippen LogP contribution in [0.5, 0.6) is 0 Å². The van der Waals surface area contributed by atoms with E-state index < -0.39 is 8.07 Å². The van der Waals surface area contributed by atoms with Crippen molar-refractivity contribution >= 4 is 19.8 Å². The lowest BCUT2D eigenvalue weighted by Gasteiger charge is -2.20. The van der Waals surface area contributed by atoms with Crippen LogP contribution >= 0.6 is 11.8 Å². The fourth-order valence-electron chi connectivity index (χ4n) is 1.39. The van der Waals surface area contributed by atoms with Crippen molar-refractivity contribution in [1.29, 1.82) is 0 Å². The highest BCUT2D eigenvalue weighted by molar-refractivity contribution is 7.98. The third-order valence-electron chi connectivity index (χ3n) is 1.41. The molecule has 0 saturated heterocycles. The van der Waals surface area contributed by atoms with Crippen molar-refractivity contribution in [3.63, 3.8) is 0 Å². The van der Waals surface area contributed by atoms with Gasteiger partial charge >= 0.3 is 0 Å². The highest BCUT2D eigenvalue weighted by atomic mass is 32.2. The van der Waals surface area contributed by atoms with Gasteiger partial charge in [-0.1, -0.05) is 32.6 Å². The Kier molecular flexibility index (Phi) is 4.70. The summed E-state index contributed by atoms with van der Waals surface area (Å²) in [5, 5.41) is 0. The molecule has 0 bridgehead atoms. The smallest absolute Gasteiger partial charge is 0.0445 e. The second-order valence-electron chi connectivity index (χ2n) is 4.33. The Morgan fingerprint density at radius 1 is 1.30 bits per heavy atom. The first kappa shape index (κ1) is 10.6. The molecule has 0 amide bonds. The predicted octanol–water partition coefficient (Wildman–Crippen LogP) is 3.32. The molecule has 0 aliphatic rings. The summed E-state index contributed by atoms with van der Waals surface area (Å²) in [5.74, 6) is 2.27. The number of hydrogen-bond acceptors (Lipinski definition) is 1. The van der Waals surface area contributed by atoms with Crippen LogP contribution in [0.2, 0.25) is 25.7 Å². The topological polar surface area (TPSA) is 0 Å². The van der Waals surface area contributed by atoms with Crippen molar-refractivity contribution in [2.45, 2.75) is 32.6 Å². The van der Waals surface area contributed by atoms with Gasteiger partial charge in [0, 0.05) is 8.07 Å². The highest BCUT2D eigenvalue weighted by Crippen LogP contribution is 2.18. The van der Waals surface area contributed by atoms with Gasteiger partial charge in [-0.25, -0.2) is 0 Å². The molecular weight excluding hydrogens is 156 g/mol. The van der Waals surface area contributed by atoms with Crippen LogP contribution in [0.15, 0.2) is 0 Å². The maximum Gasteiger partial charge on any atom is 0.0445 e. The van der Waals surface area contributed by atoms with Gasteiger partial charge in [0.2, 0.25) is 0 Å². The summed E-state index contributed by atoms with van der Waals surface area (Å²) in [6.07, 6.45) is 2.20. The Hall–Kier alpha value is 0.567. The Bertz CT molecular complexity index is 85.7. The van der Waals surface area contributed by atoms with Crippen molar-refractivity contribution < 1.29 is 0 Å². The molecule has 0 aliphatic heterocycles. The van der Waals surface area contributed by atoms with Crippen LogP contribution in [0.25, 0.3) is 0 Å². The molecule has 0 saturated carbocycles. The van der Waals surface area contributed by atoms with Crippen LogP contribution in [-0.4, -0.2) is 20.1 Å². The van der Waals surface area contributed by atoms with E-state index in [1.807, 2.05) is 11.8 Å². The number of rotatable bonds is 4. The average Bonchev–Trinajstić information content (AvgIpc) is 1.59. The van der Waals surface area contributed by atoms with Gasteiger partial charge in [-0.15, -0.1) is 0 Å². The molecule has 0 aliphatic carbocycles. The van der Waals surface area contributed by atoms with Gasteiger partial charge in [0.05, 0.1) is 0 Å². The molecule has 0 aromatic carbocycles. The molecule has 0 heterocycles. The summed E-state index contributed by atoms with van der Waals surface area (Å²) in [5.41, 5.74) is 0. The standard InChI is InChI=1S/C8H20SSi/c1-8(6-9-2)7-10(3,4)5/h8H,6-7H2,1-5H3. The van der Waals surface area contributed by atoms with Crippen molar-refractivity contribution in [3.8, 4) is 0 Å². The molecule has 0 aromatic rings. The first-order valence-electron chi connectivity index (χ1n) is 3.94. The number of thioether (sulfide) groups is 1. The first-order valence-corrected chi connectivity index (χ1v) is 9.05. The molecule has 0 N–H and O–H groups in total. The molecule has 2 heteroatoms. The molecule has 0 rings (SSSR count). The minimum Gasteiger partial charge on any atom is -0.165 e. The minimum absolute atomic E-state index is 0.771. The van der Waals surface area contributed by atoms with Gasteiger partial charge in [-0.05, 0) is 17.9 Å². The fraction of sp³-hybridized carbons (Fsp3) is 1.00. The van der Waals surface area contributed by atoms with Gasteiger partial charge in [0.25, 0.3) is 0 Å². The molecule has 10 heavy (non-hydrogen) atoms. The van der Waals surface area contributed by atoms with Gasteiger partial charge in [0.15, 0.2) is 0 Å². The first-order chi connectivity index (χ1) is 4.45. The molecule has 0 aromatic heterocycles. The van der Waals surface area contributed by atoms with Crippen molar-refractivity contribution in [2.24, 2.45) is 5.92 Å². The zero-order chi connectivity index (χ0) is 8.20. The summed E-state index contributed by atoms with van der Waals surface area (Å²) < 4.78 is 0. The third-order valence-corrected chi connectivity index (χ3v) is 4.24. The van der Waals surface area contributed by atoms with E-state index in [0.717, 1.165) is 5.92 Å². The fourth-order valence-corrected chi connectivity index (χ4v) is 4.52. The zero-order valence-electron chi connectivity index (χ0n) is 7.90. The summed E-state index contributed by atoms with van der Waals surface area (Å²) in [6, 6.07) is 1.48. The molecule has 62 valence electrons. The Morgan fingerprint density at radius 2 is 1.80 bits per heavy atom. The lowest BCUT2D eigenvalue weighted by Crippen LogP contribution is -2.23. The summed E-state index contributed by atoms with van der Waals surface area (Å²) in [6.45, 7) is 9.71. The van der Waals surface area contributed by atoms with Crippen molar-refractivity contribution in [3.05, 3.63) is 0 Å². The molecule has 0 nitrogen and oxygen atoms in total. The van der Waals surface area contributed by atoms with E-state index in [0.29, 0.717) is 0 Å². The number of hydrogen-bond donors (Lipinski definition) is 0. The van der Waals surface area contributed by atoms with E-state index >= 15 is 0 Å². The maximum absolute atomic E-state index is 2.45. The predicted molar refractivity (Wildman–Crippen MR) is 55.7 cm³/mol. The summed E-state index contributed by atoms with van der Waals surface area (Å²) in [4.78, 5) is 0. The van der Waals surface area contributed by atoms with E-state index in [-0.39, 0.29) is 0 Å². The summed E-state index contributed by atoms with van der Waals surface area (Å²) >= 11 is 1.97. The van der Waals surface area contributed by atoms with Gasteiger partial charge < -0.3 is 0 Å². The van der Waals surface area contributed by atoms with E-state index in [9.17, 15) is 0 Å².